The second-order valence-electron chi connectivity index (χ2n) is 4.67. The smallest absolute Gasteiger partial charge is 0.194 e. The molecule has 0 saturated heterocycles. The van der Waals surface area contributed by atoms with E-state index in [0.29, 0.717) is 5.02 Å². The van der Waals surface area contributed by atoms with Gasteiger partial charge in [-0.15, -0.1) is 0 Å². The van der Waals surface area contributed by atoms with Gasteiger partial charge in [0, 0.05) is 16.6 Å². The first-order valence-electron chi connectivity index (χ1n) is 6.04. The lowest BCUT2D eigenvalue weighted by Gasteiger charge is -2.15. The van der Waals surface area contributed by atoms with Crippen LogP contribution in [0.2, 0.25) is 5.02 Å². The molecule has 0 radical (unpaired) electrons. The Morgan fingerprint density at radius 1 is 1.10 bits per heavy atom. The maximum Gasteiger partial charge on any atom is 0.194 e. The normalized spacial score (nSPS) is 12.5. The van der Waals surface area contributed by atoms with Crippen molar-refractivity contribution in [2.75, 3.05) is 0 Å². The van der Waals surface area contributed by atoms with Crippen LogP contribution in [0.1, 0.15) is 22.7 Å². The lowest BCUT2D eigenvalue weighted by atomic mass is 9.98. The van der Waals surface area contributed by atoms with E-state index in [-0.39, 0.29) is 12.0 Å². The quantitative estimate of drug-likeness (QED) is 0.840. The van der Waals surface area contributed by atoms with Crippen LogP contribution in [0.15, 0.2) is 30.3 Å². The van der Waals surface area contributed by atoms with Gasteiger partial charge in [-0.05, 0) is 36.6 Å². The molecule has 0 amide bonds. The summed E-state index contributed by atoms with van der Waals surface area (Å²) in [6.07, 6.45) is 0.237. The van der Waals surface area contributed by atoms with Gasteiger partial charge in [-0.25, -0.2) is 13.2 Å². The van der Waals surface area contributed by atoms with Crippen molar-refractivity contribution in [3.63, 3.8) is 0 Å². The van der Waals surface area contributed by atoms with E-state index in [9.17, 15) is 13.2 Å². The molecule has 20 heavy (non-hydrogen) atoms. The zero-order valence-corrected chi connectivity index (χ0v) is 11.5. The number of nitrogens with two attached hydrogens (primary N) is 1. The monoisotopic (exact) mass is 299 g/mol. The van der Waals surface area contributed by atoms with Crippen molar-refractivity contribution in [2.45, 2.75) is 19.4 Å². The standard InChI is InChI=1S/C15H13ClF3N/c1-8-2-3-9(11(16)6-8)7-13(20)10-4-5-12(17)15(19)14(10)18/h2-6,13H,7,20H2,1H3. The molecule has 2 rings (SSSR count). The molecule has 1 unspecified atom stereocenters. The van der Waals surface area contributed by atoms with Crippen LogP contribution < -0.4 is 5.73 Å². The van der Waals surface area contributed by atoms with Crippen LogP contribution >= 0.6 is 11.6 Å². The number of halogens is 4. The van der Waals surface area contributed by atoms with E-state index >= 15 is 0 Å². The highest BCUT2D eigenvalue weighted by Gasteiger charge is 2.19. The Labute approximate surface area is 120 Å². The van der Waals surface area contributed by atoms with E-state index in [0.717, 1.165) is 23.3 Å². The summed E-state index contributed by atoms with van der Waals surface area (Å²) in [7, 11) is 0. The molecule has 2 aromatic carbocycles. The van der Waals surface area contributed by atoms with Crippen molar-refractivity contribution in [1.29, 1.82) is 0 Å². The molecule has 0 aliphatic heterocycles. The summed E-state index contributed by atoms with van der Waals surface area (Å²) in [6, 6.07) is 6.63. The Kier molecular flexibility index (Phi) is 4.35. The highest BCUT2D eigenvalue weighted by molar-refractivity contribution is 6.31. The summed E-state index contributed by atoms with van der Waals surface area (Å²) < 4.78 is 39.7. The number of benzene rings is 2. The zero-order chi connectivity index (χ0) is 14.9. The largest absolute Gasteiger partial charge is 0.324 e. The Morgan fingerprint density at radius 3 is 2.45 bits per heavy atom. The highest BCUT2D eigenvalue weighted by atomic mass is 35.5. The first-order chi connectivity index (χ1) is 9.40. The van der Waals surface area contributed by atoms with Gasteiger partial charge in [0.1, 0.15) is 0 Å². The lowest BCUT2D eigenvalue weighted by Crippen LogP contribution is -2.16. The first-order valence-corrected chi connectivity index (χ1v) is 6.42. The SMILES string of the molecule is Cc1ccc(CC(N)c2ccc(F)c(F)c2F)c(Cl)c1. The summed E-state index contributed by atoms with van der Waals surface area (Å²) in [5.74, 6) is -3.99. The van der Waals surface area contributed by atoms with Crippen molar-refractivity contribution in [3.05, 3.63) is 69.5 Å². The van der Waals surface area contributed by atoms with Crippen LogP contribution in [0.5, 0.6) is 0 Å². The molecule has 0 spiro atoms. The van der Waals surface area contributed by atoms with Crippen LogP contribution in [-0.4, -0.2) is 0 Å². The van der Waals surface area contributed by atoms with Gasteiger partial charge >= 0.3 is 0 Å². The molecule has 0 saturated carbocycles. The molecular formula is C15H13ClF3N. The molecule has 0 aliphatic carbocycles. The van der Waals surface area contributed by atoms with Crippen molar-refractivity contribution >= 4 is 11.6 Å². The second kappa shape index (κ2) is 5.85. The maximum atomic E-state index is 13.7. The van der Waals surface area contributed by atoms with Crippen molar-refractivity contribution in [3.8, 4) is 0 Å². The second-order valence-corrected chi connectivity index (χ2v) is 5.08. The first kappa shape index (κ1) is 14.9. The topological polar surface area (TPSA) is 26.0 Å². The molecule has 0 aliphatic rings. The van der Waals surface area contributed by atoms with Gasteiger partial charge in [0.25, 0.3) is 0 Å². The van der Waals surface area contributed by atoms with E-state index in [1.807, 2.05) is 13.0 Å². The molecule has 1 nitrogen and oxygen atoms in total. The molecule has 106 valence electrons. The predicted molar refractivity (Wildman–Crippen MR) is 73.1 cm³/mol. The van der Waals surface area contributed by atoms with Gasteiger partial charge in [0.05, 0.1) is 0 Å². The van der Waals surface area contributed by atoms with Gasteiger partial charge < -0.3 is 5.73 Å². The lowest BCUT2D eigenvalue weighted by molar-refractivity contribution is 0.435. The summed E-state index contributed by atoms with van der Waals surface area (Å²) >= 11 is 6.07. The van der Waals surface area contributed by atoms with Gasteiger partial charge in [-0.2, -0.15) is 0 Å². The maximum absolute atomic E-state index is 13.7. The van der Waals surface area contributed by atoms with Gasteiger partial charge in [-0.1, -0.05) is 29.8 Å². The molecular weight excluding hydrogens is 287 g/mol. The van der Waals surface area contributed by atoms with Crippen molar-refractivity contribution < 1.29 is 13.2 Å². The van der Waals surface area contributed by atoms with E-state index < -0.39 is 23.5 Å². The van der Waals surface area contributed by atoms with E-state index in [1.54, 1.807) is 12.1 Å². The number of rotatable bonds is 3. The minimum Gasteiger partial charge on any atom is -0.324 e. The molecule has 0 fully saturated rings. The molecule has 2 N–H and O–H groups in total. The fourth-order valence-corrected chi connectivity index (χ4v) is 2.30. The fraction of sp³-hybridized carbons (Fsp3) is 0.200. The number of hydrogen-bond donors (Lipinski definition) is 1. The Hall–Kier alpha value is -1.52. The molecule has 0 heterocycles. The van der Waals surface area contributed by atoms with Gasteiger partial charge in [0.15, 0.2) is 17.5 Å². The third-order valence-corrected chi connectivity index (χ3v) is 3.46. The Balaban J connectivity index is 2.28. The number of aryl methyl sites for hydroxylation is 1. The highest BCUT2D eigenvalue weighted by Crippen LogP contribution is 2.26. The fourth-order valence-electron chi connectivity index (χ4n) is 1.99. The minimum absolute atomic E-state index is 0.0689. The molecule has 2 aromatic rings. The van der Waals surface area contributed by atoms with E-state index in [2.05, 4.69) is 0 Å². The van der Waals surface area contributed by atoms with Crippen molar-refractivity contribution in [2.24, 2.45) is 5.73 Å². The minimum atomic E-state index is -1.51. The van der Waals surface area contributed by atoms with Crippen LogP contribution in [-0.2, 0) is 6.42 Å². The van der Waals surface area contributed by atoms with E-state index in [4.69, 9.17) is 17.3 Å². The zero-order valence-electron chi connectivity index (χ0n) is 10.8. The summed E-state index contributed by atoms with van der Waals surface area (Å²) in [6.45, 7) is 1.89. The molecule has 0 aromatic heterocycles. The average molecular weight is 300 g/mol. The Bertz CT molecular complexity index is 643. The van der Waals surface area contributed by atoms with Crippen LogP contribution in [0, 0.1) is 24.4 Å². The molecule has 0 bridgehead atoms. The van der Waals surface area contributed by atoms with E-state index in [1.165, 1.54) is 0 Å². The van der Waals surface area contributed by atoms with Crippen LogP contribution in [0.25, 0.3) is 0 Å². The third kappa shape index (κ3) is 2.97. The molecule has 5 heteroatoms. The average Bonchev–Trinajstić information content (AvgIpc) is 2.39. The predicted octanol–water partition coefficient (Wildman–Crippen LogP) is 4.31. The van der Waals surface area contributed by atoms with Crippen molar-refractivity contribution in [1.82, 2.24) is 0 Å². The summed E-state index contributed by atoms with van der Waals surface area (Å²) in [5.41, 5.74) is 7.52. The van der Waals surface area contributed by atoms with Crippen LogP contribution in [0.4, 0.5) is 13.2 Å². The third-order valence-electron chi connectivity index (χ3n) is 3.11. The summed E-state index contributed by atoms with van der Waals surface area (Å²) in [5, 5.41) is 0.517. The molecule has 1 atom stereocenters. The van der Waals surface area contributed by atoms with Crippen LogP contribution in [0.3, 0.4) is 0 Å². The summed E-state index contributed by atoms with van der Waals surface area (Å²) in [4.78, 5) is 0. The van der Waals surface area contributed by atoms with Gasteiger partial charge in [0.2, 0.25) is 0 Å². The van der Waals surface area contributed by atoms with Gasteiger partial charge in [-0.3, -0.25) is 0 Å². The Morgan fingerprint density at radius 2 is 1.80 bits per heavy atom. The number of hydrogen-bond acceptors (Lipinski definition) is 1.